The molecule has 1 aliphatic heterocycles. The fourth-order valence-electron chi connectivity index (χ4n) is 4.62. The highest BCUT2D eigenvalue weighted by Gasteiger charge is 2.45. The minimum Gasteiger partial charge on any atom is -0.503 e. The van der Waals surface area contributed by atoms with Crippen LogP contribution in [0.4, 0.5) is 11.4 Å². The number of fused-ring (bicyclic) bond motifs is 1. The first-order valence-electron chi connectivity index (χ1n) is 11.8. The second kappa shape index (κ2) is 10.2. The van der Waals surface area contributed by atoms with Crippen molar-refractivity contribution in [2.75, 3.05) is 24.4 Å². The lowest BCUT2D eigenvalue weighted by Gasteiger charge is -2.27. The number of methoxy groups -OCH3 is 2. The average Bonchev–Trinajstić information content (AvgIpc) is 3.47. The van der Waals surface area contributed by atoms with Gasteiger partial charge in [0, 0.05) is 34.8 Å². The van der Waals surface area contributed by atoms with Crippen LogP contribution in [0.2, 0.25) is 5.02 Å². The van der Waals surface area contributed by atoms with Crippen molar-refractivity contribution < 1.29 is 33.4 Å². The lowest BCUT2D eigenvalue weighted by Crippen LogP contribution is -2.31. The average molecular weight is 547 g/mol. The molecule has 0 spiro atoms. The van der Waals surface area contributed by atoms with E-state index in [2.05, 4.69) is 5.32 Å². The quantitative estimate of drug-likeness (QED) is 0.279. The topological polar surface area (TPSA) is 118 Å². The summed E-state index contributed by atoms with van der Waals surface area (Å²) in [6, 6.07) is 17.0. The van der Waals surface area contributed by atoms with Crippen molar-refractivity contribution in [1.82, 2.24) is 0 Å². The molecule has 0 radical (unpaired) electrons. The van der Waals surface area contributed by atoms with Crippen LogP contribution in [0.1, 0.15) is 29.1 Å². The van der Waals surface area contributed by atoms with Gasteiger partial charge in [-0.05, 0) is 54.1 Å². The van der Waals surface area contributed by atoms with Crippen molar-refractivity contribution in [2.45, 2.75) is 13.0 Å². The van der Waals surface area contributed by atoms with Crippen LogP contribution in [0.5, 0.6) is 11.5 Å². The highest BCUT2D eigenvalue weighted by atomic mass is 35.5. The van der Waals surface area contributed by atoms with Crippen LogP contribution in [0.3, 0.4) is 0 Å². The van der Waals surface area contributed by atoms with Gasteiger partial charge < -0.3 is 24.3 Å². The molecule has 1 atom stereocenters. The minimum atomic E-state index is -1.01. The highest BCUT2D eigenvalue weighted by molar-refractivity contribution is 6.31. The molecule has 10 heteroatoms. The SMILES string of the molecule is COc1cccc(C2C(C(=O)c3cc4cc(Cl)cc(OC)c4o3)=C(O)C(=O)N2c2ccc(NC(C)=O)cc2)c1. The molecule has 39 heavy (non-hydrogen) atoms. The molecule has 1 aliphatic rings. The maximum Gasteiger partial charge on any atom is 0.294 e. The Morgan fingerprint density at radius 1 is 1.03 bits per heavy atom. The number of rotatable bonds is 7. The third-order valence-corrected chi connectivity index (χ3v) is 6.54. The highest BCUT2D eigenvalue weighted by Crippen LogP contribution is 2.43. The number of benzene rings is 3. The number of carbonyl (C=O) groups excluding carboxylic acids is 3. The van der Waals surface area contributed by atoms with Gasteiger partial charge in [0.25, 0.3) is 5.91 Å². The molecule has 0 bridgehead atoms. The largest absolute Gasteiger partial charge is 0.503 e. The number of amides is 2. The Balaban J connectivity index is 1.63. The van der Waals surface area contributed by atoms with E-state index < -0.39 is 23.5 Å². The maximum atomic E-state index is 13.9. The summed E-state index contributed by atoms with van der Waals surface area (Å²) in [7, 11) is 2.96. The van der Waals surface area contributed by atoms with Gasteiger partial charge in [0.1, 0.15) is 5.75 Å². The third-order valence-electron chi connectivity index (χ3n) is 6.32. The van der Waals surface area contributed by atoms with E-state index in [1.54, 1.807) is 60.7 Å². The van der Waals surface area contributed by atoms with Crippen LogP contribution in [0.25, 0.3) is 11.0 Å². The van der Waals surface area contributed by atoms with Crippen LogP contribution >= 0.6 is 11.6 Å². The predicted molar refractivity (Wildman–Crippen MR) is 146 cm³/mol. The number of aliphatic hydroxyl groups is 1. The summed E-state index contributed by atoms with van der Waals surface area (Å²) in [4.78, 5) is 40.1. The molecular formula is C29H23ClN2O7. The molecule has 9 nitrogen and oxygen atoms in total. The number of carbonyl (C=O) groups is 3. The van der Waals surface area contributed by atoms with Gasteiger partial charge in [0.15, 0.2) is 22.9 Å². The Labute approximate surface area is 228 Å². The van der Waals surface area contributed by atoms with Crippen molar-refractivity contribution in [1.29, 1.82) is 0 Å². The number of Topliss-reactive ketones (excluding diaryl/α,β-unsaturated/α-hetero) is 1. The normalized spacial score (nSPS) is 15.1. The molecule has 2 heterocycles. The van der Waals surface area contributed by atoms with Gasteiger partial charge in [0.05, 0.1) is 25.8 Å². The summed E-state index contributed by atoms with van der Waals surface area (Å²) >= 11 is 6.18. The number of hydrogen-bond acceptors (Lipinski definition) is 7. The zero-order valence-electron chi connectivity index (χ0n) is 21.2. The van der Waals surface area contributed by atoms with Gasteiger partial charge in [-0.25, -0.2) is 0 Å². The smallest absolute Gasteiger partial charge is 0.294 e. The number of furan rings is 1. The second-order valence-electron chi connectivity index (χ2n) is 8.81. The van der Waals surface area contributed by atoms with Crippen LogP contribution < -0.4 is 19.7 Å². The van der Waals surface area contributed by atoms with Crippen LogP contribution in [-0.2, 0) is 9.59 Å². The van der Waals surface area contributed by atoms with Crippen LogP contribution in [0.15, 0.2) is 82.5 Å². The van der Waals surface area contributed by atoms with Crippen molar-refractivity contribution in [3.63, 3.8) is 0 Å². The molecule has 2 amide bonds. The van der Waals surface area contributed by atoms with Gasteiger partial charge >= 0.3 is 0 Å². The Kier molecular flexibility index (Phi) is 6.76. The summed E-state index contributed by atoms with van der Waals surface area (Å²) in [6.07, 6.45) is 0. The first kappa shape index (κ1) is 25.9. The molecule has 1 aromatic heterocycles. The summed E-state index contributed by atoms with van der Waals surface area (Å²) in [5.74, 6) is -1.66. The number of hydrogen-bond donors (Lipinski definition) is 2. The number of halogens is 1. The number of aliphatic hydroxyl groups excluding tert-OH is 1. The van der Waals surface area contributed by atoms with Crippen molar-refractivity contribution in [2.24, 2.45) is 0 Å². The van der Waals surface area contributed by atoms with E-state index in [0.717, 1.165) is 0 Å². The molecular weight excluding hydrogens is 524 g/mol. The summed E-state index contributed by atoms with van der Waals surface area (Å²) in [5.41, 5.74) is 1.59. The van der Waals surface area contributed by atoms with Crippen molar-refractivity contribution >= 4 is 51.5 Å². The molecule has 0 saturated heterocycles. The molecule has 4 aromatic rings. The van der Waals surface area contributed by atoms with Gasteiger partial charge in [-0.2, -0.15) is 0 Å². The number of ketones is 1. The van der Waals surface area contributed by atoms with E-state index in [1.807, 2.05) is 0 Å². The zero-order valence-corrected chi connectivity index (χ0v) is 21.9. The first-order valence-corrected chi connectivity index (χ1v) is 12.2. The molecule has 3 aromatic carbocycles. The van der Waals surface area contributed by atoms with Gasteiger partial charge in [-0.3, -0.25) is 19.3 Å². The predicted octanol–water partition coefficient (Wildman–Crippen LogP) is 5.84. The van der Waals surface area contributed by atoms with Gasteiger partial charge in [-0.1, -0.05) is 23.7 Å². The molecule has 0 fully saturated rings. The number of anilines is 2. The van der Waals surface area contributed by atoms with E-state index in [0.29, 0.717) is 44.4 Å². The van der Waals surface area contributed by atoms with E-state index in [9.17, 15) is 19.5 Å². The summed E-state index contributed by atoms with van der Waals surface area (Å²) in [5, 5.41) is 14.6. The zero-order chi connectivity index (χ0) is 27.8. The molecule has 0 aliphatic carbocycles. The molecule has 2 N–H and O–H groups in total. The Morgan fingerprint density at radius 2 is 1.77 bits per heavy atom. The first-order chi connectivity index (χ1) is 18.7. The van der Waals surface area contributed by atoms with E-state index >= 15 is 0 Å². The maximum absolute atomic E-state index is 13.9. The summed E-state index contributed by atoms with van der Waals surface area (Å²) in [6.45, 7) is 1.39. The fraction of sp³-hybridized carbons (Fsp3) is 0.138. The van der Waals surface area contributed by atoms with Crippen LogP contribution in [-0.4, -0.2) is 36.9 Å². The Bertz CT molecular complexity index is 1660. The standard InChI is InChI=1S/C29H23ClN2O7/c1-15(33)31-19-7-9-20(10-8-19)32-25(16-5-4-6-21(12-16)37-2)24(27(35)29(32)36)26(34)22-13-17-11-18(30)14-23(38-3)28(17)39-22/h4-14,25,35H,1-3H3,(H,31,33). The number of nitrogens with one attached hydrogen (secondary N) is 1. The molecule has 0 saturated carbocycles. The number of nitrogens with zero attached hydrogens (tertiary/aromatic N) is 1. The van der Waals surface area contributed by atoms with Gasteiger partial charge in [0.2, 0.25) is 11.7 Å². The number of ether oxygens (including phenoxy) is 2. The van der Waals surface area contributed by atoms with E-state index in [1.165, 1.54) is 32.1 Å². The summed E-state index contributed by atoms with van der Waals surface area (Å²) < 4.78 is 16.6. The second-order valence-corrected chi connectivity index (χ2v) is 9.25. The molecule has 198 valence electrons. The van der Waals surface area contributed by atoms with Crippen LogP contribution in [0, 0.1) is 0 Å². The Hall–Kier alpha value is -4.76. The van der Waals surface area contributed by atoms with Crippen molar-refractivity contribution in [3.05, 3.63) is 94.4 Å². The minimum absolute atomic E-state index is 0.101. The lowest BCUT2D eigenvalue weighted by molar-refractivity contribution is -0.117. The lowest BCUT2D eigenvalue weighted by atomic mass is 9.94. The van der Waals surface area contributed by atoms with Gasteiger partial charge in [-0.15, -0.1) is 0 Å². The monoisotopic (exact) mass is 546 g/mol. The molecule has 5 rings (SSSR count). The van der Waals surface area contributed by atoms with Crippen molar-refractivity contribution in [3.8, 4) is 11.5 Å². The van der Waals surface area contributed by atoms with E-state index in [-0.39, 0.29) is 17.2 Å². The van der Waals surface area contributed by atoms with E-state index in [4.69, 9.17) is 25.5 Å². The fourth-order valence-corrected chi connectivity index (χ4v) is 4.84. The third kappa shape index (κ3) is 4.68. The molecule has 1 unspecified atom stereocenters. The Morgan fingerprint density at radius 3 is 2.44 bits per heavy atom.